The van der Waals surface area contributed by atoms with E-state index in [4.69, 9.17) is 0 Å². The number of rotatable bonds is 6. The van der Waals surface area contributed by atoms with E-state index >= 15 is 0 Å². The molecule has 3 aromatic rings. The van der Waals surface area contributed by atoms with Crippen LogP contribution in [0.4, 0.5) is 16.5 Å². The summed E-state index contributed by atoms with van der Waals surface area (Å²) in [6.07, 6.45) is 5.17. The zero-order valence-corrected chi connectivity index (χ0v) is 19.2. The lowest BCUT2D eigenvalue weighted by molar-refractivity contribution is -0.120. The molecule has 1 aliphatic rings. The van der Waals surface area contributed by atoms with E-state index in [0.717, 1.165) is 30.4 Å². The van der Waals surface area contributed by atoms with Gasteiger partial charge in [0.15, 0.2) is 5.13 Å². The van der Waals surface area contributed by atoms with Crippen LogP contribution in [0.15, 0.2) is 47.4 Å². The Kier molecular flexibility index (Phi) is 6.43. The van der Waals surface area contributed by atoms with Crippen LogP contribution in [0.25, 0.3) is 10.2 Å². The zero-order chi connectivity index (χ0) is 22.7. The first-order valence-corrected chi connectivity index (χ1v) is 12.7. The molecule has 1 aliphatic carbocycles. The first kappa shape index (κ1) is 22.2. The third kappa shape index (κ3) is 5.25. The maximum Gasteiger partial charge on any atom is 0.261 e. The molecule has 2 amide bonds. The third-order valence-corrected chi connectivity index (χ3v) is 7.68. The topological polar surface area (TPSA) is 117 Å². The smallest absolute Gasteiger partial charge is 0.261 e. The molecule has 168 valence electrons. The lowest BCUT2D eigenvalue weighted by Crippen LogP contribution is -2.24. The van der Waals surface area contributed by atoms with Crippen molar-refractivity contribution in [1.82, 2.24) is 4.98 Å². The highest BCUT2D eigenvalue weighted by Gasteiger charge is 2.22. The van der Waals surface area contributed by atoms with Crippen molar-refractivity contribution in [2.24, 2.45) is 5.92 Å². The Morgan fingerprint density at radius 3 is 2.34 bits per heavy atom. The van der Waals surface area contributed by atoms with E-state index in [2.05, 4.69) is 20.3 Å². The second-order valence-corrected chi connectivity index (χ2v) is 10.5. The molecule has 0 unspecified atom stereocenters. The van der Waals surface area contributed by atoms with Gasteiger partial charge in [-0.25, -0.2) is 13.4 Å². The predicted octanol–water partition coefficient (Wildman–Crippen LogP) is 4.57. The standard InChI is InChI=1S/C22H24N4O4S2/c1-14(27)23-16-7-10-18(11-8-16)32(29,30)26-17-9-12-20-19(13-17)24-22(31-20)25-21(28)15-5-3-2-4-6-15/h7-13,15,26H,2-6H2,1H3,(H,23,27)(H,24,25,28). The van der Waals surface area contributed by atoms with Gasteiger partial charge in [0.1, 0.15) is 0 Å². The number of benzene rings is 2. The fourth-order valence-corrected chi connectivity index (χ4v) is 5.65. The highest BCUT2D eigenvalue weighted by Crippen LogP contribution is 2.31. The van der Waals surface area contributed by atoms with Crippen molar-refractivity contribution in [3.05, 3.63) is 42.5 Å². The van der Waals surface area contributed by atoms with E-state index in [-0.39, 0.29) is 22.6 Å². The van der Waals surface area contributed by atoms with Crippen LogP contribution in [0, 0.1) is 5.92 Å². The molecule has 32 heavy (non-hydrogen) atoms. The van der Waals surface area contributed by atoms with E-state index in [1.165, 1.54) is 48.9 Å². The molecule has 1 heterocycles. The van der Waals surface area contributed by atoms with Crippen LogP contribution < -0.4 is 15.4 Å². The number of amides is 2. The Hall–Kier alpha value is -2.98. The van der Waals surface area contributed by atoms with Gasteiger partial charge in [-0.15, -0.1) is 0 Å². The predicted molar refractivity (Wildman–Crippen MR) is 126 cm³/mol. The number of carbonyl (C=O) groups excluding carboxylic acids is 2. The summed E-state index contributed by atoms with van der Waals surface area (Å²) in [7, 11) is -3.81. The van der Waals surface area contributed by atoms with Crippen LogP contribution in [-0.2, 0) is 19.6 Å². The summed E-state index contributed by atoms with van der Waals surface area (Å²) in [6.45, 7) is 1.38. The van der Waals surface area contributed by atoms with Gasteiger partial charge in [0.25, 0.3) is 10.0 Å². The van der Waals surface area contributed by atoms with Crippen molar-refractivity contribution in [3.8, 4) is 0 Å². The van der Waals surface area contributed by atoms with Crippen molar-refractivity contribution in [2.45, 2.75) is 43.9 Å². The van der Waals surface area contributed by atoms with Gasteiger partial charge >= 0.3 is 0 Å². The quantitative estimate of drug-likeness (QED) is 0.486. The van der Waals surface area contributed by atoms with E-state index in [0.29, 0.717) is 22.0 Å². The Labute approximate surface area is 190 Å². The average Bonchev–Trinajstić information content (AvgIpc) is 3.15. The molecular weight excluding hydrogens is 448 g/mol. The first-order chi connectivity index (χ1) is 15.3. The van der Waals surface area contributed by atoms with E-state index in [9.17, 15) is 18.0 Å². The van der Waals surface area contributed by atoms with Crippen molar-refractivity contribution >= 4 is 59.9 Å². The number of carbonyl (C=O) groups is 2. The molecule has 0 atom stereocenters. The molecule has 0 spiro atoms. The van der Waals surface area contributed by atoms with Crippen molar-refractivity contribution in [2.75, 3.05) is 15.4 Å². The number of aromatic nitrogens is 1. The molecule has 2 aromatic carbocycles. The Balaban J connectivity index is 1.47. The summed E-state index contributed by atoms with van der Waals surface area (Å²) in [5, 5.41) is 6.03. The fourth-order valence-electron chi connectivity index (χ4n) is 3.75. The summed E-state index contributed by atoms with van der Waals surface area (Å²) in [6, 6.07) is 11.0. The number of anilines is 3. The zero-order valence-electron chi connectivity index (χ0n) is 17.6. The summed E-state index contributed by atoms with van der Waals surface area (Å²) >= 11 is 1.36. The Morgan fingerprint density at radius 2 is 1.66 bits per heavy atom. The van der Waals surface area contributed by atoms with Crippen LogP contribution in [0.2, 0.25) is 0 Å². The van der Waals surface area contributed by atoms with Crippen LogP contribution in [-0.4, -0.2) is 25.2 Å². The number of hydrogen-bond donors (Lipinski definition) is 3. The van der Waals surface area contributed by atoms with Gasteiger partial charge in [-0.3, -0.25) is 14.3 Å². The van der Waals surface area contributed by atoms with Crippen LogP contribution >= 0.6 is 11.3 Å². The third-order valence-electron chi connectivity index (χ3n) is 5.33. The molecular formula is C22H24N4O4S2. The van der Waals surface area contributed by atoms with Gasteiger partial charge in [0.05, 0.1) is 20.8 Å². The molecule has 1 fully saturated rings. The van der Waals surface area contributed by atoms with Crippen LogP contribution in [0.1, 0.15) is 39.0 Å². The van der Waals surface area contributed by atoms with Crippen molar-refractivity contribution < 1.29 is 18.0 Å². The van der Waals surface area contributed by atoms with Gasteiger partial charge in [-0.1, -0.05) is 30.6 Å². The highest BCUT2D eigenvalue weighted by atomic mass is 32.2. The normalized spacial score (nSPS) is 14.8. The maximum absolute atomic E-state index is 12.7. The van der Waals surface area contributed by atoms with Crippen LogP contribution in [0.3, 0.4) is 0 Å². The van der Waals surface area contributed by atoms with Gasteiger partial charge in [-0.2, -0.15) is 0 Å². The number of nitrogens with one attached hydrogen (secondary N) is 3. The molecule has 10 heteroatoms. The number of hydrogen-bond acceptors (Lipinski definition) is 6. The first-order valence-electron chi connectivity index (χ1n) is 10.4. The summed E-state index contributed by atoms with van der Waals surface area (Å²) in [5.41, 5.74) is 1.50. The molecule has 1 aromatic heterocycles. The molecule has 1 saturated carbocycles. The fraction of sp³-hybridized carbons (Fsp3) is 0.318. The second kappa shape index (κ2) is 9.25. The molecule has 0 aliphatic heterocycles. The van der Waals surface area contributed by atoms with E-state index in [1.807, 2.05) is 0 Å². The highest BCUT2D eigenvalue weighted by molar-refractivity contribution is 7.92. The minimum atomic E-state index is -3.81. The van der Waals surface area contributed by atoms with Gasteiger partial charge in [0, 0.05) is 18.5 Å². The molecule has 4 rings (SSSR count). The average molecular weight is 473 g/mol. The lowest BCUT2D eigenvalue weighted by atomic mass is 9.89. The maximum atomic E-state index is 12.7. The number of sulfonamides is 1. The molecule has 0 saturated heterocycles. The molecule has 8 nitrogen and oxygen atoms in total. The Morgan fingerprint density at radius 1 is 0.969 bits per heavy atom. The second-order valence-electron chi connectivity index (χ2n) is 7.84. The summed E-state index contributed by atoms with van der Waals surface area (Å²) in [4.78, 5) is 28.1. The van der Waals surface area contributed by atoms with E-state index < -0.39 is 10.0 Å². The largest absolute Gasteiger partial charge is 0.326 e. The van der Waals surface area contributed by atoms with E-state index in [1.54, 1.807) is 18.2 Å². The van der Waals surface area contributed by atoms with Crippen molar-refractivity contribution in [1.29, 1.82) is 0 Å². The molecule has 0 radical (unpaired) electrons. The van der Waals surface area contributed by atoms with Crippen LogP contribution in [0.5, 0.6) is 0 Å². The van der Waals surface area contributed by atoms with Gasteiger partial charge in [0.2, 0.25) is 11.8 Å². The summed E-state index contributed by atoms with van der Waals surface area (Å²) < 4.78 is 28.9. The monoisotopic (exact) mass is 472 g/mol. The minimum absolute atomic E-state index is 0.00684. The minimum Gasteiger partial charge on any atom is -0.326 e. The molecule has 0 bridgehead atoms. The van der Waals surface area contributed by atoms with Gasteiger partial charge in [-0.05, 0) is 55.3 Å². The van der Waals surface area contributed by atoms with Gasteiger partial charge < -0.3 is 10.6 Å². The number of fused-ring (bicyclic) bond motifs is 1. The number of nitrogens with zero attached hydrogens (tertiary/aromatic N) is 1. The van der Waals surface area contributed by atoms with Crippen molar-refractivity contribution in [3.63, 3.8) is 0 Å². The Bertz CT molecular complexity index is 1250. The summed E-state index contributed by atoms with van der Waals surface area (Å²) in [5.74, 6) is -0.188. The lowest BCUT2D eigenvalue weighted by Gasteiger charge is -2.19. The molecule has 3 N–H and O–H groups in total. The number of thiazole rings is 1. The SMILES string of the molecule is CC(=O)Nc1ccc(S(=O)(=O)Nc2ccc3sc(NC(=O)C4CCCCC4)nc3c2)cc1.